The largest absolute Gasteiger partial charge is 0.378 e. The first kappa shape index (κ1) is 28.7. The fourth-order valence-corrected chi connectivity index (χ4v) is 7.15. The number of ether oxygens (including phenoxy) is 1. The molecule has 1 N–H and O–H groups in total. The van der Waals surface area contributed by atoms with Gasteiger partial charge < -0.3 is 15.0 Å². The van der Waals surface area contributed by atoms with Crippen LogP contribution in [0, 0.1) is 0 Å². The number of nitrogens with zero attached hydrogens (tertiary/aromatic N) is 3. The van der Waals surface area contributed by atoms with Gasteiger partial charge in [0, 0.05) is 29.7 Å². The van der Waals surface area contributed by atoms with Crippen molar-refractivity contribution in [2.75, 3.05) is 26.2 Å². The average Bonchev–Trinajstić information content (AvgIpc) is 2.93. The van der Waals surface area contributed by atoms with Crippen LogP contribution in [0.25, 0.3) is 5.69 Å². The van der Waals surface area contributed by atoms with Crippen LogP contribution >= 0.6 is 24.4 Å². The van der Waals surface area contributed by atoms with Crippen LogP contribution in [-0.4, -0.2) is 58.0 Å². The highest BCUT2D eigenvalue weighted by Gasteiger charge is 2.29. The van der Waals surface area contributed by atoms with Crippen LogP contribution < -0.4 is 10.9 Å². The number of carbonyl (C=O) groups excluding carboxylic acids is 1. The zero-order valence-corrected chi connectivity index (χ0v) is 24.6. The Bertz CT molecular complexity index is 1180. The molecule has 212 valence electrons. The van der Waals surface area contributed by atoms with E-state index in [9.17, 15) is 9.59 Å². The van der Waals surface area contributed by atoms with Gasteiger partial charge in [0.1, 0.15) is 0 Å². The Morgan fingerprint density at radius 1 is 1.08 bits per heavy atom. The lowest BCUT2D eigenvalue weighted by molar-refractivity contribution is -0.131. The summed E-state index contributed by atoms with van der Waals surface area (Å²) in [5.74, 6) is 0.0368. The number of thioether (sulfide) groups is 1. The van der Waals surface area contributed by atoms with Crippen molar-refractivity contribution >= 4 is 30.3 Å². The highest BCUT2D eigenvalue weighted by atomic mass is 32.2. The molecule has 0 atom stereocenters. The van der Waals surface area contributed by atoms with Gasteiger partial charge >= 0.3 is 0 Å². The third kappa shape index (κ3) is 7.48. The molecular formula is C30H42N4O3S2. The number of amides is 1. The van der Waals surface area contributed by atoms with Crippen LogP contribution in [0.5, 0.6) is 0 Å². The lowest BCUT2D eigenvalue weighted by atomic mass is 9.98. The summed E-state index contributed by atoms with van der Waals surface area (Å²) in [4.78, 5) is 34.4. The number of fused-ring (bicyclic) bond motifs is 1. The fraction of sp³-hybridized carbons (Fsp3) is 0.633. The first-order valence-electron chi connectivity index (χ1n) is 14.8. The number of thiol groups is 1. The maximum absolute atomic E-state index is 13.8. The molecule has 9 heteroatoms. The molecule has 2 aliphatic carbocycles. The molecular weight excluding hydrogens is 528 g/mol. The highest BCUT2D eigenvalue weighted by Crippen LogP contribution is 2.37. The minimum Gasteiger partial charge on any atom is -0.378 e. The summed E-state index contributed by atoms with van der Waals surface area (Å²) >= 11 is 6.33. The van der Waals surface area contributed by atoms with Gasteiger partial charge in [-0.15, -0.1) is 12.6 Å². The van der Waals surface area contributed by atoms with E-state index in [0.717, 1.165) is 66.7 Å². The van der Waals surface area contributed by atoms with Crippen molar-refractivity contribution in [3.8, 4) is 5.69 Å². The summed E-state index contributed by atoms with van der Waals surface area (Å²) in [5.41, 5.74) is 2.13. The molecule has 5 rings (SSSR count). The minimum atomic E-state index is -0.0794. The molecule has 2 fully saturated rings. The van der Waals surface area contributed by atoms with Crippen LogP contribution in [0.2, 0.25) is 0 Å². The number of carbonyl (C=O) groups is 1. The van der Waals surface area contributed by atoms with E-state index in [1.165, 1.54) is 38.5 Å². The van der Waals surface area contributed by atoms with Gasteiger partial charge in [0.2, 0.25) is 5.91 Å². The van der Waals surface area contributed by atoms with Crippen molar-refractivity contribution in [3.63, 3.8) is 0 Å². The van der Waals surface area contributed by atoms with Gasteiger partial charge in [-0.05, 0) is 63.6 Å². The van der Waals surface area contributed by atoms with E-state index in [1.807, 2.05) is 24.3 Å². The zero-order valence-electron chi connectivity index (χ0n) is 22.9. The molecule has 2 aromatic rings. The summed E-state index contributed by atoms with van der Waals surface area (Å²) in [7, 11) is 0. The van der Waals surface area contributed by atoms with E-state index in [4.69, 9.17) is 9.72 Å². The normalized spacial score (nSPS) is 18.1. The predicted molar refractivity (Wildman–Crippen MR) is 159 cm³/mol. The van der Waals surface area contributed by atoms with E-state index in [0.29, 0.717) is 43.0 Å². The minimum absolute atomic E-state index is 0.0368. The van der Waals surface area contributed by atoms with Crippen molar-refractivity contribution in [1.82, 2.24) is 19.8 Å². The van der Waals surface area contributed by atoms with Crippen molar-refractivity contribution in [1.29, 1.82) is 0 Å². The maximum atomic E-state index is 13.8. The highest BCUT2D eigenvalue weighted by molar-refractivity contribution is 7.99. The molecule has 0 radical (unpaired) electrons. The molecule has 2 heterocycles. The molecule has 39 heavy (non-hydrogen) atoms. The Balaban J connectivity index is 1.14. The van der Waals surface area contributed by atoms with E-state index < -0.39 is 0 Å². The monoisotopic (exact) mass is 570 g/mol. The Kier molecular flexibility index (Phi) is 10.4. The lowest BCUT2D eigenvalue weighted by Gasteiger charge is -2.30. The molecule has 0 spiro atoms. The molecule has 0 unspecified atom stereocenters. The van der Waals surface area contributed by atoms with E-state index in [-0.39, 0.29) is 11.5 Å². The van der Waals surface area contributed by atoms with Crippen LogP contribution in [-0.2, 0) is 22.5 Å². The third-order valence-corrected chi connectivity index (χ3v) is 9.85. The Hall–Kier alpha value is -1.81. The second kappa shape index (κ2) is 14.2. The summed E-state index contributed by atoms with van der Waals surface area (Å²) in [6.07, 6.45) is 14.2. The number of rotatable bonds is 12. The number of benzene rings is 1. The number of aromatic nitrogens is 2. The molecule has 0 saturated heterocycles. The van der Waals surface area contributed by atoms with Gasteiger partial charge in [-0.1, -0.05) is 49.6 Å². The lowest BCUT2D eigenvalue weighted by Crippen LogP contribution is -2.44. The van der Waals surface area contributed by atoms with Gasteiger partial charge in [-0.25, -0.2) is 4.98 Å². The van der Waals surface area contributed by atoms with Gasteiger partial charge in [0.05, 0.1) is 36.1 Å². The summed E-state index contributed by atoms with van der Waals surface area (Å²) in [5, 5.41) is 4.56. The van der Waals surface area contributed by atoms with Gasteiger partial charge in [0.15, 0.2) is 5.16 Å². The molecule has 7 nitrogen and oxygen atoms in total. The summed E-state index contributed by atoms with van der Waals surface area (Å²) in [6, 6.07) is 7.65. The molecule has 2 saturated carbocycles. The first-order chi connectivity index (χ1) is 19.1. The number of unbranched alkanes of at least 4 members (excludes halogenated alkanes) is 2. The molecule has 1 aromatic heterocycles. The standard InChI is InChI=1S/C30H42N4O3S2/c35-28(20-31-17-7-2-8-19-37-22-10-3-1-4-11-22)33-18-16-25-24(21-33)29(36)34(26-14-5-6-15-27(26)38)30(32-25)39-23-12-9-13-23/h5-6,14-15,22-23,31,38H,1-4,7-13,16-21H2. The van der Waals surface area contributed by atoms with Crippen molar-refractivity contribution in [3.05, 3.63) is 45.9 Å². The van der Waals surface area contributed by atoms with E-state index in [2.05, 4.69) is 17.9 Å². The SMILES string of the molecule is O=C(CNCCCCCOC1CCCCC1)N1CCc2nc(SC3CCC3)n(-c3ccccc3S)c(=O)c2C1. The predicted octanol–water partition coefficient (Wildman–Crippen LogP) is 5.16. The van der Waals surface area contributed by atoms with Gasteiger partial charge in [-0.3, -0.25) is 14.2 Å². The van der Waals surface area contributed by atoms with Crippen LogP contribution in [0.3, 0.4) is 0 Å². The number of hydrogen-bond donors (Lipinski definition) is 2. The van der Waals surface area contributed by atoms with Crippen molar-refractivity contribution in [2.45, 2.75) is 105 Å². The molecule has 0 bridgehead atoms. The van der Waals surface area contributed by atoms with Crippen molar-refractivity contribution < 1.29 is 9.53 Å². The smallest absolute Gasteiger partial charge is 0.264 e. The molecule has 1 amide bonds. The molecule has 1 aromatic carbocycles. The molecule has 3 aliphatic rings. The Morgan fingerprint density at radius 3 is 2.67 bits per heavy atom. The number of nitrogens with one attached hydrogen (secondary N) is 1. The van der Waals surface area contributed by atoms with Crippen LogP contribution in [0.15, 0.2) is 39.1 Å². The van der Waals surface area contributed by atoms with Gasteiger partial charge in [0.25, 0.3) is 5.56 Å². The number of para-hydroxylation sites is 1. The van der Waals surface area contributed by atoms with Crippen LogP contribution in [0.4, 0.5) is 0 Å². The third-order valence-electron chi connectivity index (χ3n) is 8.18. The quantitative estimate of drug-likeness (QED) is 0.209. The van der Waals surface area contributed by atoms with Crippen LogP contribution in [0.1, 0.15) is 81.9 Å². The van der Waals surface area contributed by atoms with Crippen molar-refractivity contribution in [2.24, 2.45) is 0 Å². The zero-order chi connectivity index (χ0) is 27.0. The second-order valence-electron chi connectivity index (χ2n) is 11.1. The summed E-state index contributed by atoms with van der Waals surface area (Å²) < 4.78 is 7.72. The van der Waals surface area contributed by atoms with E-state index >= 15 is 0 Å². The topological polar surface area (TPSA) is 76.5 Å². The average molecular weight is 571 g/mol. The van der Waals surface area contributed by atoms with Gasteiger partial charge in [-0.2, -0.15) is 0 Å². The van der Waals surface area contributed by atoms with E-state index in [1.54, 1.807) is 21.2 Å². The first-order valence-corrected chi connectivity index (χ1v) is 16.1. The summed E-state index contributed by atoms with van der Waals surface area (Å²) in [6.45, 7) is 2.86. The maximum Gasteiger partial charge on any atom is 0.264 e. The molecule has 1 aliphatic heterocycles. The second-order valence-corrected chi connectivity index (χ2v) is 12.8. The fourth-order valence-electron chi connectivity index (χ4n) is 5.57. The Labute approximate surface area is 241 Å². The Morgan fingerprint density at radius 2 is 1.90 bits per heavy atom. The number of hydrogen-bond acceptors (Lipinski definition) is 7.